The number of unbranched alkanes of at least 4 members (excludes halogenated alkanes) is 4. The second-order valence-corrected chi connectivity index (χ2v) is 5.83. The van der Waals surface area contributed by atoms with Crippen LogP contribution in [0.5, 0.6) is 5.75 Å². The van der Waals surface area contributed by atoms with Crippen molar-refractivity contribution >= 4 is 5.78 Å². The molecule has 2 heteroatoms. The zero-order valence-electron chi connectivity index (χ0n) is 13.8. The number of allylic oxidation sites excluding steroid dienone is 5. The number of benzene rings is 1. The van der Waals surface area contributed by atoms with E-state index in [-0.39, 0.29) is 5.78 Å². The Hall–Kier alpha value is -2.09. The number of ether oxygens (including phenoxy) is 1. The van der Waals surface area contributed by atoms with Crippen molar-refractivity contribution in [2.75, 3.05) is 6.61 Å². The van der Waals surface area contributed by atoms with Gasteiger partial charge >= 0.3 is 0 Å². The van der Waals surface area contributed by atoms with Crippen molar-refractivity contribution in [2.45, 2.75) is 44.9 Å². The average molecular weight is 310 g/mol. The molecule has 2 rings (SSSR count). The van der Waals surface area contributed by atoms with Crippen LogP contribution in [0.4, 0.5) is 0 Å². The first kappa shape index (κ1) is 17.3. The summed E-state index contributed by atoms with van der Waals surface area (Å²) in [7, 11) is 0. The van der Waals surface area contributed by atoms with E-state index >= 15 is 0 Å². The molecular formula is C21H26O2. The Morgan fingerprint density at radius 2 is 1.87 bits per heavy atom. The van der Waals surface area contributed by atoms with Gasteiger partial charge in [0.25, 0.3) is 0 Å². The minimum Gasteiger partial charge on any atom is -0.494 e. The normalized spacial score (nSPS) is 13.5. The van der Waals surface area contributed by atoms with E-state index in [1.165, 1.54) is 19.3 Å². The van der Waals surface area contributed by atoms with E-state index in [2.05, 4.69) is 12.7 Å². The summed E-state index contributed by atoms with van der Waals surface area (Å²) in [5.41, 5.74) is 1.52. The molecule has 0 saturated carbocycles. The minimum absolute atomic E-state index is 0.0923. The number of Topliss-reactive ketones (excluding diaryl/α,β-unsaturated/α-hetero) is 1. The molecule has 0 spiro atoms. The first-order valence-corrected chi connectivity index (χ1v) is 8.56. The summed E-state index contributed by atoms with van der Waals surface area (Å²) < 4.78 is 5.73. The molecule has 0 fully saturated rings. The quantitative estimate of drug-likeness (QED) is 0.316. The van der Waals surface area contributed by atoms with E-state index in [1.54, 1.807) is 0 Å². The zero-order chi connectivity index (χ0) is 16.3. The van der Waals surface area contributed by atoms with Crippen molar-refractivity contribution in [3.8, 4) is 5.75 Å². The maximum atomic E-state index is 12.3. The van der Waals surface area contributed by atoms with Crippen LogP contribution in [0.2, 0.25) is 0 Å². The van der Waals surface area contributed by atoms with Crippen molar-refractivity contribution in [3.05, 3.63) is 66.3 Å². The topological polar surface area (TPSA) is 26.3 Å². The third-order valence-electron chi connectivity index (χ3n) is 3.95. The number of hydrogen-bond donors (Lipinski definition) is 0. The minimum atomic E-state index is 0.0923. The third-order valence-corrected chi connectivity index (χ3v) is 3.95. The Morgan fingerprint density at radius 1 is 1.09 bits per heavy atom. The lowest BCUT2D eigenvalue weighted by Gasteiger charge is -2.08. The standard InChI is InChI=1S/C21H26O2/c1-2-3-4-5-6-10-17-23-20-15-13-19(14-16-20)21(22)18-11-8-7-9-12-18/h2,8,11-16H,1,3-7,9-10,17H2. The van der Waals surface area contributed by atoms with Gasteiger partial charge in [0, 0.05) is 11.1 Å². The lowest BCUT2D eigenvalue weighted by molar-refractivity contribution is 0.103. The molecule has 1 aromatic rings. The Balaban J connectivity index is 1.74. The molecular weight excluding hydrogens is 284 g/mol. The number of hydrogen-bond acceptors (Lipinski definition) is 2. The first-order chi connectivity index (χ1) is 11.3. The zero-order valence-corrected chi connectivity index (χ0v) is 13.8. The van der Waals surface area contributed by atoms with Gasteiger partial charge in [-0.15, -0.1) is 6.58 Å². The van der Waals surface area contributed by atoms with Gasteiger partial charge in [-0.3, -0.25) is 4.79 Å². The molecule has 2 nitrogen and oxygen atoms in total. The van der Waals surface area contributed by atoms with E-state index in [4.69, 9.17) is 4.74 Å². The highest BCUT2D eigenvalue weighted by Crippen LogP contribution is 2.18. The lowest BCUT2D eigenvalue weighted by atomic mass is 9.98. The van der Waals surface area contributed by atoms with Gasteiger partial charge in [0.2, 0.25) is 0 Å². The largest absolute Gasteiger partial charge is 0.494 e. The fraction of sp³-hybridized carbons (Fsp3) is 0.381. The van der Waals surface area contributed by atoms with Gasteiger partial charge in [-0.1, -0.05) is 37.1 Å². The third kappa shape index (κ3) is 5.90. The van der Waals surface area contributed by atoms with Crippen molar-refractivity contribution in [1.29, 1.82) is 0 Å². The van der Waals surface area contributed by atoms with Crippen LogP contribution in [0.25, 0.3) is 0 Å². The van der Waals surface area contributed by atoms with Gasteiger partial charge in [0.1, 0.15) is 5.75 Å². The Bertz CT molecular complexity index is 564. The summed E-state index contributed by atoms with van der Waals surface area (Å²) in [6.45, 7) is 4.46. The van der Waals surface area contributed by atoms with E-state index in [9.17, 15) is 4.79 Å². The maximum absolute atomic E-state index is 12.3. The maximum Gasteiger partial charge on any atom is 0.192 e. The smallest absolute Gasteiger partial charge is 0.192 e. The van der Waals surface area contributed by atoms with E-state index in [0.717, 1.165) is 49.2 Å². The van der Waals surface area contributed by atoms with Crippen LogP contribution in [-0.2, 0) is 0 Å². The molecule has 1 aliphatic rings. The van der Waals surface area contributed by atoms with Crippen molar-refractivity contribution in [1.82, 2.24) is 0 Å². The molecule has 0 aliphatic heterocycles. The first-order valence-electron chi connectivity index (χ1n) is 8.56. The van der Waals surface area contributed by atoms with Crippen LogP contribution in [0.15, 0.2) is 60.7 Å². The summed E-state index contributed by atoms with van der Waals surface area (Å²) in [6, 6.07) is 7.48. The molecule has 122 valence electrons. The van der Waals surface area contributed by atoms with Gasteiger partial charge in [-0.25, -0.2) is 0 Å². The fourth-order valence-corrected chi connectivity index (χ4v) is 2.59. The Kier molecular flexibility index (Phi) is 7.38. The summed E-state index contributed by atoms with van der Waals surface area (Å²) in [5.74, 6) is 0.926. The summed E-state index contributed by atoms with van der Waals surface area (Å²) in [6.07, 6.45) is 15.7. The van der Waals surface area contributed by atoms with Gasteiger partial charge in [-0.2, -0.15) is 0 Å². The molecule has 23 heavy (non-hydrogen) atoms. The predicted molar refractivity (Wildman–Crippen MR) is 96.0 cm³/mol. The van der Waals surface area contributed by atoms with Crippen LogP contribution < -0.4 is 4.74 Å². The highest BCUT2D eigenvalue weighted by atomic mass is 16.5. The molecule has 0 amide bonds. The lowest BCUT2D eigenvalue weighted by Crippen LogP contribution is -2.03. The van der Waals surface area contributed by atoms with Crippen molar-refractivity contribution in [3.63, 3.8) is 0 Å². The Labute approximate surface area is 139 Å². The number of carbonyl (C=O) groups is 1. The number of rotatable bonds is 10. The predicted octanol–water partition coefficient (Wildman–Crippen LogP) is 5.66. The van der Waals surface area contributed by atoms with Gasteiger partial charge < -0.3 is 4.74 Å². The highest BCUT2D eigenvalue weighted by Gasteiger charge is 2.11. The molecule has 0 saturated heterocycles. The molecule has 0 atom stereocenters. The van der Waals surface area contributed by atoms with Gasteiger partial charge in [0.05, 0.1) is 6.61 Å². The molecule has 1 aromatic carbocycles. The van der Waals surface area contributed by atoms with Crippen LogP contribution >= 0.6 is 0 Å². The molecule has 0 unspecified atom stereocenters. The second-order valence-electron chi connectivity index (χ2n) is 5.83. The molecule has 0 N–H and O–H groups in total. The van der Waals surface area contributed by atoms with Crippen LogP contribution in [0.1, 0.15) is 55.3 Å². The van der Waals surface area contributed by atoms with Crippen LogP contribution in [-0.4, -0.2) is 12.4 Å². The second kappa shape index (κ2) is 9.83. The van der Waals surface area contributed by atoms with Crippen LogP contribution in [0.3, 0.4) is 0 Å². The fourth-order valence-electron chi connectivity index (χ4n) is 2.59. The summed E-state index contributed by atoms with van der Waals surface area (Å²) >= 11 is 0. The molecule has 0 heterocycles. The Morgan fingerprint density at radius 3 is 2.57 bits per heavy atom. The average Bonchev–Trinajstić information content (AvgIpc) is 2.61. The van der Waals surface area contributed by atoms with E-state index in [0.29, 0.717) is 0 Å². The molecule has 0 bridgehead atoms. The van der Waals surface area contributed by atoms with Crippen molar-refractivity contribution in [2.24, 2.45) is 0 Å². The molecule has 1 aliphatic carbocycles. The van der Waals surface area contributed by atoms with Gasteiger partial charge in [-0.05, 0) is 56.4 Å². The summed E-state index contributed by atoms with van der Waals surface area (Å²) in [4.78, 5) is 12.3. The number of ketones is 1. The van der Waals surface area contributed by atoms with Gasteiger partial charge in [0.15, 0.2) is 5.78 Å². The molecule has 0 aromatic heterocycles. The molecule has 0 radical (unpaired) electrons. The van der Waals surface area contributed by atoms with E-state index < -0.39 is 0 Å². The summed E-state index contributed by atoms with van der Waals surface area (Å²) in [5, 5.41) is 0. The highest BCUT2D eigenvalue weighted by molar-refractivity contribution is 6.10. The monoisotopic (exact) mass is 310 g/mol. The SMILES string of the molecule is C=CCCCCCCOc1ccc(C(=O)C2=CCCC=C2)cc1. The van der Waals surface area contributed by atoms with E-state index in [1.807, 2.05) is 42.5 Å². The number of carbonyl (C=O) groups excluding carboxylic acids is 1. The van der Waals surface area contributed by atoms with Crippen LogP contribution in [0, 0.1) is 0 Å². The van der Waals surface area contributed by atoms with Crippen molar-refractivity contribution < 1.29 is 9.53 Å².